The van der Waals surface area contributed by atoms with Crippen molar-refractivity contribution in [1.29, 1.82) is 0 Å². The fourth-order valence-electron chi connectivity index (χ4n) is 0.554. The van der Waals surface area contributed by atoms with Gasteiger partial charge in [-0.1, -0.05) is 11.6 Å². The summed E-state index contributed by atoms with van der Waals surface area (Å²) in [5, 5.41) is 8.06. The topological polar surface area (TPSA) is 75.1 Å². The molecule has 5 nitrogen and oxygen atoms in total. The van der Waals surface area contributed by atoms with Crippen LogP contribution >= 0.6 is 23.2 Å². The number of nitrogens with zero attached hydrogens (tertiary/aromatic N) is 2. The van der Waals surface area contributed by atoms with Crippen LogP contribution < -0.4 is 5.48 Å². The number of carbonyl (C=O) groups is 1. The van der Waals surface area contributed by atoms with Gasteiger partial charge in [-0.15, -0.1) is 0 Å². The molecule has 1 amide bonds. The van der Waals surface area contributed by atoms with Gasteiger partial charge in [0.15, 0.2) is 0 Å². The van der Waals surface area contributed by atoms with Crippen LogP contribution in [-0.4, -0.2) is 21.1 Å². The van der Waals surface area contributed by atoms with Gasteiger partial charge in [0.1, 0.15) is 5.15 Å². The Labute approximate surface area is 77.3 Å². The largest absolute Gasteiger partial charge is 0.288 e. The molecule has 0 atom stereocenters. The third kappa shape index (κ3) is 1.82. The lowest BCUT2D eigenvalue weighted by molar-refractivity contribution is 0.0705. The van der Waals surface area contributed by atoms with Crippen molar-refractivity contribution in [2.45, 2.75) is 0 Å². The highest BCUT2D eigenvalue weighted by molar-refractivity contribution is 6.34. The number of hydrogen-bond donors (Lipinski definition) is 2. The smallest absolute Gasteiger partial charge is 0.279 e. The number of hydroxylamine groups is 1. The molecule has 0 bridgehead atoms. The molecule has 0 aliphatic heterocycles. The highest BCUT2D eigenvalue weighted by Crippen LogP contribution is 2.13. The summed E-state index contributed by atoms with van der Waals surface area (Å²) < 4.78 is 0. The summed E-state index contributed by atoms with van der Waals surface area (Å²) in [6.45, 7) is 0. The first-order chi connectivity index (χ1) is 5.65. The van der Waals surface area contributed by atoms with Crippen LogP contribution in [0.1, 0.15) is 10.4 Å². The fraction of sp³-hybridized carbons (Fsp3) is 0. The number of nitrogens with one attached hydrogen (secondary N) is 1. The molecule has 0 saturated heterocycles. The van der Waals surface area contributed by atoms with Crippen molar-refractivity contribution in [3.63, 3.8) is 0 Å². The molecular formula is C5H3Cl2N3O2. The maximum absolute atomic E-state index is 10.8. The Balaban J connectivity index is 3.09. The monoisotopic (exact) mass is 207 g/mol. The zero-order valence-electron chi connectivity index (χ0n) is 5.58. The average molecular weight is 208 g/mol. The van der Waals surface area contributed by atoms with Gasteiger partial charge in [-0.2, -0.15) is 0 Å². The van der Waals surface area contributed by atoms with E-state index in [1.165, 1.54) is 5.48 Å². The van der Waals surface area contributed by atoms with Gasteiger partial charge < -0.3 is 0 Å². The zero-order valence-corrected chi connectivity index (χ0v) is 7.10. The maximum atomic E-state index is 10.8. The molecular weight excluding hydrogens is 205 g/mol. The van der Waals surface area contributed by atoms with Crippen LogP contribution in [0, 0.1) is 0 Å². The Morgan fingerprint density at radius 2 is 2.25 bits per heavy atom. The molecule has 0 spiro atoms. The van der Waals surface area contributed by atoms with Crippen LogP contribution in [-0.2, 0) is 0 Å². The Kier molecular flexibility index (Phi) is 2.80. The van der Waals surface area contributed by atoms with Gasteiger partial charge in [-0.3, -0.25) is 10.0 Å². The number of halogens is 2. The van der Waals surface area contributed by atoms with Crippen LogP contribution in [0.2, 0.25) is 10.4 Å². The number of aromatic nitrogens is 2. The second kappa shape index (κ2) is 3.66. The predicted molar refractivity (Wildman–Crippen MR) is 41.3 cm³/mol. The van der Waals surface area contributed by atoms with E-state index in [1.807, 2.05) is 0 Å². The summed E-state index contributed by atoms with van der Waals surface area (Å²) in [5.74, 6) is -0.781. The second-order valence-electron chi connectivity index (χ2n) is 1.78. The fourth-order valence-corrected chi connectivity index (χ4v) is 0.945. The van der Waals surface area contributed by atoms with E-state index >= 15 is 0 Å². The van der Waals surface area contributed by atoms with Gasteiger partial charge in [-0.05, 0) is 11.6 Å². The lowest BCUT2D eigenvalue weighted by atomic mass is 10.3. The van der Waals surface area contributed by atoms with Crippen molar-refractivity contribution in [2.24, 2.45) is 0 Å². The SMILES string of the molecule is O=C(NO)c1cnc(Cl)nc1Cl. The minimum Gasteiger partial charge on any atom is -0.288 e. The van der Waals surface area contributed by atoms with Crippen molar-refractivity contribution < 1.29 is 10.0 Å². The van der Waals surface area contributed by atoms with Gasteiger partial charge in [0.25, 0.3) is 5.91 Å². The van der Waals surface area contributed by atoms with Gasteiger partial charge in [0.05, 0.1) is 5.56 Å². The van der Waals surface area contributed by atoms with E-state index in [0.717, 1.165) is 6.20 Å². The quantitative estimate of drug-likeness (QED) is 0.311. The first-order valence-electron chi connectivity index (χ1n) is 2.77. The highest BCUT2D eigenvalue weighted by atomic mass is 35.5. The third-order valence-corrected chi connectivity index (χ3v) is 1.53. The maximum Gasteiger partial charge on any atom is 0.279 e. The van der Waals surface area contributed by atoms with Gasteiger partial charge in [-0.25, -0.2) is 15.4 Å². The lowest BCUT2D eigenvalue weighted by Crippen LogP contribution is -2.19. The van der Waals surface area contributed by atoms with E-state index in [4.69, 9.17) is 28.4 Å². The normalized spacial score (nSPS) is 9.58. The molecule has 1 rings (SSSR count). The molecule has 1 heterocycles. The van der Waals surface area contributed by atoms with Crippen LogP contribution in [0.15, 0.2) is 6.20 Å². The highest BCUT2D eigenvalue weighted by Gasteiger charge is 2.11. The van der Waals surface area contributed by atoms with E-state index < -0.39 is 5.91 Å². The molecule has 0 aliphatic carbocycles. The molecule has 0 aromatic carbocycles. The Morgan fingerprint density at radius 3 is 2.75 bits per heavy atom. The number of rotatable bonds is 1. The minimum atomic E-state index is -0.781. The molecule has 1 aromatic heterocycles. The van der Waals surface area contributed by atoms with Gasteiger partial charge in [0, 0.05) is 6.20 Å². The number of hydrogen-bond acceptors (Lipinski definition) is 4. The Hall–Kier alpha value is -0.910. The molecule has 0 aliphatic rings. The van der Waals surface area contributed by atoms with Crippen LogP contribution in [0.5, 0.6) is 0 Å². The molecule has 0 saturated carbocycles. The third-order valence-electron chi connectivity index (χ3n) is 1.06. The van der Waals surface area contributed by atoms with E-state index in [1.54, 1.807) is 0 Å². The second-order valence-corrected chi connectivity index (χ2v) is 2.48. The average Bonchev–Trinajstić information content (AvgIpc) is 2.03. The Bertz CT molecular complexity index is 318. The standard InChI is InChI=1S/C5H3Cl2N3O2/c6-3-2(4(11)10-12)1-8-5(7)9-3/h1,12H,(H,10,11). The summed E-state index contributed by atoms with van der Waals surface area (Å²) >= 11 is 10.9. The van der Waals surface area contributed by atoms with Gasteiger partial charge in [0.2, 0.25) is 5.28 Å². The van der Waals surface area contributed by atoms with Crippen molar-refractivity contribution in [1.82, 2.24) is 15.4 Å². The molecule has 2 N–H and O–H groups in total. The zero-order chi connectivity index (χ0) is 9.14. The first-order valence-corrected chi connectivity index (χ1v) is 3.53. The predicted octanol–water partition coefficient (Wildman–Crippen LogP) is 0.902. The van der Waals surface area contributed by atoms with Gasteiger partial charge >= 0.3 is 0 Å². The van der Waals surface area contributed by atoms with Crippen LogP contribution in [0.3, 0.4) is 0 Å². The summed E-state index contributed by atoms with van der Waals surface area (Å²) in [6.07, 6.45) is 1.11. The van der Waals surface area contributed by atoms with Crippen molar-refractivity contribution in [3.8, 4) is 0 Å². The van der Waals surface area contributed by atoms with Crippen molar-refractivity contribution in [3.05, 3.63) is 22.2 Å². The van der Waals surface area contributed by atoms with E-state index in [9.17, 15) is 4.79 Å². The van der Waals surface area contributed by atoms with E-state index in [-0.39, 0.29) is 16.0 Å². The Morgan fingerprint density at radius 1 is 1.58 bits per heavy atom. The summed E-state index contributed by atoms with van der Waals surface area (Å²) in [5.41, 5.74) is 1.36. The summed E-state index contributed by atoms with van der Waals surface area (Å²) in [6, 6.07) is 0. The summed E-state index contributed by atoms with van der Waals surface area (Å²) in [4.78, 5) is 17.8. The summed E-state index contributed by atoms with van der Waals surface area (Å²) in [7, 11) is 0. The van der Waals surface area contributed by atoms with Crippen molar-refractivity contribution in [2.75, 3.05) is 0 Å². The molecule has 0 unspecified atom stereocenters. The molecule has 1 aromatic rings. The first kappa shape index (κ1) is 9.18. The lowest BCUT2D eigenvalue weighted by Gasteiger charge is -1.99. The van der Waals surface area contributed by atoms with Crippen LogP contribution in [0.25, 0.3) is 0 Å². The molecule has 7 heteroatoms. The molecule has 64 valence electrons. The van der Waals surface area contributed by atoms with Crippen LogP contribution in [0.4, 0.5) is 0 Å². The van der Waals surface area contributed by atoms with E-state index in [0.29, 0.717) is 0 Å². The number of carbonyl (C=O) groups excluding carboxylic acids is 1. The molecule has 0 fully saturated rings. The minimum absolute atomic E-state index is 0.0384. The molecule has 0 radical (unpaired) electrons. The molecule has 12 heavy (non-hydrogen) atoms. The van der Waals surface area contributed by atoms with E-state index in [2.05, 4.69) is 9.97 Å². The number of amides is 1. The van der Waals surface area contributed by atoms with Crippen molar-refractivity contribution >= 4 is 29.1 Å².